The van der Waals surface area contributed by atoms with Crippen LogP contribution in [-0.4, -0.2) is 35.3 Å². The average molecular weight is 303 g/mol. The summed E-state index contributed by atoms with van der Waals surface area (Å²) in [6.07, 6.45) is 1.71. The Morgan fingerprint density at radius 2 is 2.32 bits per heavy atom. The molecule has 2 atom stereocenters. The Morgan fingerprint density at radius 3 is 3.05 bits per heavy atom. The zero-order chi connectivity index (χ0) is 15.7. The fraction of sp³-hybridized carbons (Fsp3) is 0.500. The number of rotatable bonds is 3. The Morgan fingerprint density at radius 1 is 1.50 bits per heavy atom. The molecule has 1 saturated heterocycles. The Labute approximate surface area is 129 Å². The summed E-state index contributed by atoms with van der Waals surface area (Å²) >= 11 is 0. The Hall–Kier alpha value is -2.08. The van der Waals surface area contributed by atoms with Crippen LogP contribution in [0.4, 0.5) is 5.95 Å². The summed E-state index contributed by atoms with van der Waals surface area (Å²) in [7, 11) is 3.49. The number of carbonyl (C=O) groups is 1. The van der Waals surface area contributed by atoms with Crippen molar-refractivity contribution < 1.29 is 14.3 Å². The molecule has 0 bridgehead atoms. The minimum Gasteiger partial charge on any atom is -0.494 e. The molecule has 2 aromatic rings. The first-order chi connectivity index (χ1) is 10.6. The van der Waals surface area contributed by atoms with Gasteiger partial charge in [-0.3, -0.25) is 10.1 Å². The second-order valence-corrected chi connectivity index (χ2v) is 5.64. The quantitative estimate of drug-likeness (QED) is 0.945. The van der Waals surface area contributed by atoms with E-state index in [-0.39, 0.29) is 17.9 Å². The third-order valence-electron chi connectivity index (χ3n) is 4.27. The van der Waals surface area contributed by atoms with Crippen LogP contribution in [0.2, 0.25) is 0 Å². The number of nitrogens with one attached hydrogen (secondary N) is 1. The molecule has 22 heavy (non-hydrogen) atoms. The van der Waals surface area contributed by atoms with Crippen LogP contribution < -0.4 is 10.1 Å². The van der Waals surface area contributed by atoms with Crippen molar-refractivity contribution in [2.45, 2.75) is 25.9 Å². The van der Waals surface area contributed by atoms with E-state index in [1.54, 1.807) is 7.11 Å². The van der Waals surface area contributed by atoms with Crippen LogP contribution >= 0.6 is 0 Å². The van der Waals surface area contributed by atoms with Gasteiger partial charge in [-0.1, -0.05) is 6.07 Å². The summed E-state index contributed by atoms with van der Waals surface area (Å²) in [5.74, 6) is 1.06. The lowest BCUT2D eigenvalue weighted by molar-refractivity contribution is -0.127. The Balaban J connectivity index is 1.87. The average Bonchev–Trinajstić information content (AvgIpc) is 2.84. The molecule has 0 radical (unpaired) electrons. The largest absolute Gasteiger partial charge is 0.494 e. The molecular formula is C16H21N3O3. The predicted octanol–water partition coefficient (Wildman–Crippen LogP) is 2.34. The molecule has 1 aromatic carbocycles. The number of aryl methyl sites for hydroxylation is 1. The highest BCUT2D eigenvalue weighted by atomic mass is 16.5. The standard InChI is InChI=1S/C16H21N3O3/c1-10-11(6-5-9-22-10)15(20)18-16-17-14-12(19(16)2)7-4-8-13(14)21-3/h4,7-8,10-11H,5-6,9H2,1-3H3,(H,17,18,20). The number of methoxy groups -OCH3 is 1. The van der Waals surface area contributed by atoms with Crippen LogP contribution in [0.5, 0.6) is 5.75 Å². The van der Waals surface area contributed by atoms with E-state index in [2.05, 4.69) is 10.3 Å². The van der Waals surface area contributed by atoms with E-state index in [1.807, 2.05) is 36.7 Å². The lowest BCUT2D eigenvalue weighted by atomic mass is 9.94. The van der Waals surface area contributed by atoms with Gasteiger partial charge in [0.15, 0.2) is 0 Å². The summed E-state index contributed by atoms with van der Waals surface area (Å²) < 4.78 is 12.8. The van der Waals surface area contributed by atoms with E-state index in [9.17, 15) is 4.79 Å². The molecule has 2 heterocycles. The van der Waals surface area contributed by atoms with Crippen molar-refractivity contribution in [3.63, 3.8) is 0 Å². The Kier molecular flexibility index (Phi) is 4.02. The molecule has 1 fully saturated rings. The van der Waals surface area contributed by atoms with Crippen molar-refractivity contribution in [1.29, 1.82) is 0 Å². The first-order valence-electron chi connectivity index (χ1n) is 7.53. The first kappa shape index (κ1) is 14.8. The molecule has 1 aliphatic rings. The van der Waals surface area contributed by atoms with E-state index >= 15 is 0 Å². The fourth-order valence-corrected chi connectivity index (χ4v) is 2.94. The van der Waals surface area contributed by atoms with Gasteiger partial charge in [-0.05, 0) is 31.9 Å². The number of para-hydroxylation sites is 1. The third-order valence-corrected chi connectivity index (χ3v) is 4.27. The monoisotopic (exact) mass is 303 g/mol. The number of aromatic nitrogens is 2. The number of hydrogen-bond acceptors (Lipinski definition) is 4. The molecule has 6 heteroatoms. The number of hydrogen-bond donors (Lipinski definition) is 1. The molecule has 1 N–H and O–H groups in total. The molecule has 0 aliphatic carbocycles. The summed E-state index contributed by atoms with van der Waals surface area (Å²) in [5, 5.41) is 2.93. The number of nitrogens with zero attached hydrogens (tertiary/aromatic N) is 2. The topological polar surface area (TPSA) is 65.4 Å². The fourth-order valence-electron chi connectivity index (χ4n) is 2.94. The smallest absolute Gasteiger partial charge is 0.232 e. The van der Waals surface area contributed by atoms with Crippen LogP contribution in [0, 0.1) is 5.92 Å². The van der Waals surface area contributed by atoms with Gasteiger partial charge in [0.1, 0.15) is 11.3 Å². The van der Waals surface area contributed by atoms with Gasteiger partial charge < -0.3 is 14.0 Å². The lowest BCUT2D eigenvalue weighted by Gasteiger charge is -2.27. The summed E-state index contributed by atoms with van der Waals surface area (Å²) in [6, 6.07) is 5.72. The van der Waals surface area contributed by atoms with E-state index in [0.29, 0.717) is 11.7 Å². The lowest BCUT2D eigenvalue weighted by Crippen LogP contribution is -2.36. The SMILES string of the molecule is COc1cccc2c1nc(NC(=O)C1CCCOC1C)n2C. The number of amides is 1. The van der Waals surface area contributed by atoms with Crippen LogP contribution in [0.25, 0.3) is 11.0 Å². The molecule has 1 aliphatic heterocycles. The van der Waals surface area contributed by atoms with Gasteiger partial charge in [0.05, 0.1) is 24.6 Å². The molecule has 1 amide bonds. The van der Waals surface area contributed by atoms with Crippen molar-refractivity contribution in [3.05, 3.63) is 18.2 Å². The first-order valence-corrected chi connectivity index (χ1v) is 7.53. The van der Waals surface area contributed by atoms with E-state index in [1.165, 1.54) is 0 Å². The van der Waals surface area contributed by atoms with Crippen molar-refractivity contribution in [2.75, 3.05) is 19.0 Å². The second kappa shape index (κ2) is 5.96. The van der Waals surface area contributed by atoms with E-state index in [4.69, 9.17) is 9.47 Å². The Bertz CT molecular complexity index is 695. The van der Waals surface area contributed by atoms with Gasteiger partial charge >= 0.3 is 0 Å². The van der Waals surface area contributed by atoms with E-state index < -0.39 is 0 Å². The van der Waals surface area contributed by atoms with Gasteiger partial charge in [-0.15, -0.1) is 0 Å². The number of anilines is 1. The normalized spacial score (nSPS) is 21.8. The highest BCUT2D eigenvalue weighted by Gasteiger charge is 2.29. The van der Waals surface area contributed by atoms with Gasteiger partial charge in [0.2, 0.25) is 11.9 Å². The molecule has 2 unspecified atom stereocenters. The van der Waals surface area contributed by atoms with Crippen molar-refractivity contribution in [1.82, 2.24) is 9.55 Å². The zero-order valence-corrected chi connectivity index (χ0v) is 13.1. The number of carbonyl (C=O) groups excluding carboxylic acids is 1. The second-order valence-electron chi connectivity index (χ2n) is 5.64. The molecule has 6 nitrogen and oxygen atoms in total. The minimum atomic E-state index is -0.129. The molecule has 1 aromatic heterocycles. The summed E-state index contributed by atoms with van der Waals surface area (Å²) in [6.45, 7) is 2.68. The maximum Gasteiger partial charge on any atom is 0.232 e. The highest BCUT2D eigenvalue weighted by Crippen LogP contribution is 2.28. The highest BCUT2D eigenvalue weighted by molar-refractivity contribution is 5.94. The summed E-state index contributed by atoms with van der Waals surface area (Å²) in [4.78, 5) is 17.0. The minimum absolute atomic E-state index is 0.0374. The van der Waals surface area contributed by atoms with Gasteiger partial charge in [-0.2, -0.15) is 0 Å². The maximum atomic E-state index is 12.5. The molecule has 0 spiro atoms. The molecule has 0 saturated carbocycles. The molecule has 3 rings (SSSR count). The van der Waals surface area contributed by atoms with Crippen molar-refractivity contribution >= 4 is 22.9 Å². The number of fused-ring (bicyclic) bond motifs is 1. The van der Waals surface area contributed by atoms with Gasteiger partial charge in [0.25, 0.3) is 0 Å². The molecular weight excluding hydrogens is 282 g/mol. The van der Waals surface area contributed by atoms with Crippen molar-refractivity contribution in [3.8, 4) is 5.75 Å². The maximum absolute atomic E-state index is 12.5. The van der Waals surface area contributed by atoms with Crippen molar-refractivity contribution in [2.24, 2.45) is 13.0 Å². The van der Waals surface area contributed by atoms with Crippen LogP contribution in [0.15, 0.2) is 18.2 Å². The third kappa shape index (κ3) is 2.54. The zero-order valence-electron chi connectivity index (χ0n) is 13.1. The summed E-state index contributed by atoms with van der Waals surface area (Å²) in [5.41, 5.74) is 1.67. The van der Waals surface area contributed by atoms with Gasteiger partial charge in [0, 0.05) is 13.7 Å². The molecule has 118 valence electrons. The number of benzene rings is 1. The number of ether oxygens (including phenoxy) is 2. The van der Waals surface area contributed by atoms with Gasteiger partial charge in [-0.25, -0.2) is 4.98 Å². The van der Waals surface area contributed by atoms with Crippen LogP contribution in [0.1, 0.15) is 19.8 Å². The van der Waals surface area contributed by atoms with Crippen LogP contribution in [-0.2, 0) is 16.6 Å². The number of imidazole rings is 1. The van der Waals surface area contributed by atoms with E-state index in [0.717, 1.165) is 30.5 Å². The predicted molar refractivity (Wildman–Crippen MR) is 84.0 cm³/mol. The van der Waals surface area contributed by atoms with Crippen LogP contribution in [0.3, 0.4) is 0 Å².